The molecule has 50 heavy (non-hydrogen) atoms. The highest BCUT2D eigenvalue weighted by atomic mass is 16.7. The number of hydrogen-bond acceptors (Lipinski definition) is 8. The highest BCUT2D eigenvalue weighted by Gasteiger charge is 2.50. The first-order chi connectivity index (χ1) is 23.4. The summed E-state index contributed by atoms with van der Waals surface area (Å²) in [5.41, 5.74) is 1.49. The lowest BCUT2D eigenvalue weighted by molar-refractivity contribution is -0.313. The Hall–Kier alpha value is -3.56. The maximum absolute atomic E-state index is 13.3. The van der Waals surface area contributed by atoms with Gasteiger partial charge in [0.25, 0.3) is 0 Å². The van der Waals surface area contributed by atoms with Gasteiger partial charge in [-0.1, -0.05) is 60.7 Å². The summed E-state index contributed by atoms with van der Waals surface area (Å²) in [6.45, 7) is 21.1. The molecule has 270 valence electrons. The molecule has 3 aromatic carbocycles. The SMILES string of the molecule is CC(ON1C(C)(C)CC(OC(=O)c2ccc(C(=O)OC3CC(C)(C)N(OC(C)c4ccccc4)C(C)(C)C3)cc2)CC1(C)C)c1ccccc1. The van der Waals surface area contributed by atoms with Gasteiger partial charge in [-0.25, -0.2) is 9.59 Å². The largest absolute Gasteiger partial charge is 0.459 e. The van der Waals surface area contributed by atoms with Crippen LogP contribution in [-0.2, 0) is 19.1 Å². The fourth-order valence-corrected chi connectivity index (χ4v) is 8.15. The number of ether oxygens (including phenoxy) is 2. The topological polar surface area (TPSA) is 77.5 Å². The second-order valence-electron chi connectivity index (χ2n) is 16.6. The summed E-state index contributed by atoms with van der Waals surface area (Å²) < 4.78 is 12.1. The zero-order valence-corrected chi connectivity index (χ0v) is 31.6. The van der Waals surface area contributed by atoms with E-state index in [2.05, 4.69) is 104 Å². The first-order valence-corrected chi connectivity index (χ1v) is 17.9. The van der Waals surface area contributed by atoms with Crippen molar-refractivity contribution in [2.24, 2.45) is 0 Å². The van der Waals surface area contributed by atoms with Gasteiger partial charge in [-0.3, -0.25) is 9.68 Å². The van der Waals surface area contributed by atoms with Crippen LogP contribution >= 0.6 is 0 Å². The van der Waals surface area contributed by atoms with Gasteiger partial charge in [0.2, 0.25) is 0 Å². The molecule has 5 rings (SSSR count). The van der Waals surface area contributed by atoms with E-state index < -0.39 is 11.9 Å². The Balaban J connectivity index is 1.17. The van der Waals surface area contributed by atoms with E-state index in [1.54, 1.807) is 24.3 Å². The van der Waals surface area contributed by atoms with E-state index in [0.29, 0.717) is 36.8 Å². The molecule has 8 heteroatoms. The molecule has 0 bridgehead atoms. The van der Waals surface area contributed by atoms with Crippen LogP contribution in [0, 0.1) is 0 Å². The number of carbonyl (C=O) groups is 2. The Kier molecular flexibility index (Phi) is 11.0. The smallest absolute Gasteiger partial charge is 0.338 e. The third kappa shape index (κ3) is 8.65. The summed E-state index contributed by atoms with van der Waals surface area (Å²) in [6.07, 6.45) is 1.67. The number of hydrogen-bond donors (Lipinski definition) is 0. The maximum atomic E-state index is 13.3. The van der Waals surface area contributed by atoms with Crippen LogP contribution in [-0.4, -0.2) is 56.4 Å². The molecular formula is C42H56N2O6. The quantitative estimate of drug-likeness (QED) is 0.196. The Morgan fingerprint density at radius 3 is 1.08 bits per heavy atom. The molecule has 0 amide bonds. The van der Waals surface area contributed by atoms with E-state index >= 15 is 0 Å². The van der Waals surface area contributed by atoms with E-state index in [-0.39, 0.29) is 46.6 Å². The van der Waals surface area contributed by atoms with Crippen LogP contribution in [0.15, 0.2) is 84.9 Å². The van der Waals surface area contributed by atoms with Crippen LogP contribution in [0.5, 0.6) is 0 Å². The molecule has 2 unspecified atom stereocenters. The minimum Gasteiger partial charge on any atom is -0.459 e. The van der Waals surface area contributed by atoms with Crippen molar-refractivity contribution in [3.05, 3.63) is 107 Å². The van der Waals surface area contributed by atoms with Gasteiger partial charge in [0.1, 0.15) is 24.4 Å². The van der Waals surface area contributed by atoms with Crippen molar-refractivity contribution >= 4 is 11.9 Å². The van der Waals surface area contributed by atoms with E-state index in [4.69, 9.17) is 19.1 Å². The zero-order chi connectivity index (χ0) is 36.5. The zero-order valence-electron chi connectivity index (χ0n) is 31.6. The van der Waals surface area contributed by atoms with E-state index in [1.807, 2.05) is 36.4 Å². The van der Waals surface area contributed by atoms with E-state index in [9.17, 15) is 9.59 Å². The second kappa shape index (κ2) is 14.6. The molecule has 0 spiro atoms. The average molecular weight is 685 g/mol. The highest BCUT2D eigenvalue weighted by molar-refractivity contribution is 5.93. The lowest BCUT2D eigenvalue weighted by Crippen LogP contribution is -2.62. The molecule has 2 fully saturated rings. The second-order valence-corrected chi connectivity index (χ2v) is 16.6. The molecular weight excluding hydrogens is 628 g/mol. The maximum Gasteiger partial charge on any atom is 0.338 e. The third-order valence-corrected chi connectivity index (χ3v) is 10.1. The number of esters is 2. The van der Waals surface area contributed by atoms with Gasteiger partial charge < -0.3 is 9.47 Å². The molecule has 2 atom stereocenters. The van der Waals surface area contributed by atoms with Gasteiger partial charge in [-0.05, 0) is 105 Å². The van der Waals surface area contributed by atoms with Crippen molar-refractivity contribution in [3.8, 4) is 0 Å². The Bertz CT molecular complexity index is 1450. The van der Waals surface area contributed by atoms with E-state index in [1.165, 1.54) is 0 Å². The summed E-state index contributed by atoms with van der Waals surface area (Å²) in [5, 5.41) is 4.15. The molecule has 0 aromatic heterocycles. The minimum absolute atomic E-state index is 0.118. The molecule has 8 nitrogen and oxygen atoms in total. The van der Waals surface area contributed by atoms with Gasteiger partial charge >= 0.3 is 11.9 Å². The number of hydroxylamine groups is 4. The number of piperidine rings is 2. The van der Waals surface area contributed by atoms with E-state index in [0.717, 1.165) is 11.1 Å². The summed E-state index contributed by atoms with van der Waals surface area (Å²) in [6, 6.07) is 26.9. The summed E-state index contributed by atoms with van der Waals surface area (Å²) in [5.74, 6) is -0.816. The Labute approximate surface area is 298 Å². The van der Waals surface area contributed by atoms with Crippen LogP contribution in [0.25, 0.3) is 0 Å². The van der Waals surface area contributed by atoms with Crippen LogP contribution in [0.1, 0.15) is 139 Å². The molecule has 0 N–H and O–H groups in total. The number of benzene rings is 3. The number of carbonyl (C=O) groups excluding carboxylic acids is 2. The molecule has 2 aliphatic heterocycles. The summed E-state index contributed by atoms with van der Waals surface area (Å²) in [4.78, 5) is 39.7. The van der Waals surface area contributed by atoms with Crippen molar-refractivity contribution in [2.45, 2.75) is 141 Å². The molecule has 0 aliphatic carbocycles. The van der Waals surface area contributed by atoms with Crippen LogP contribution in [0.4, 0.5) is 0 Å². The lowest BCUT2D eigenvalue weighted by Gasteiger charge is -2.54. The van der Waals surface area contributed by atoms with Gasteiger partial charge in [0, 0.05) is 47.8 Å². The van der Waals surface area contributed by atoms with Gasteiger partial charge in [-0.15, -0.1) is 0 Å². The predicted molar refractivity (Wildman–Crippen MR) is 195 cm³/mol. The third-order valence-electron chi connectivity index (χ3n) is 10.1. The van der Waals surface area contributed by atoms with Gasteiger partial charge in [0.15, 0.2) is 0 Å². The normalized spacial score (nSPS) is 22.0. The standard InChI is InChI=1S/C42H56N2O6/c1-29(31-17-13-11-14-18-31)49-43-39(3,4)25-35(26-40(43,5)6)47-37(45)33-21-23-34(24-22-33)38(46)48-36-27-41(7,8)44(42(9,10)28-36)50-30(2)32-19-15-12-16-20-32/h11-24,29-30,35-36H,25-28H2,1-10H3. The van der Waals surface area contributed by atoms with Gasteiger partial charge in [-0.2, -0.15) is 10.1 Å². The fourth-order valence-electron chi connectivity index (χ4n) is 8.15. The summed E-state index contributed by atoms with van der Waals surface area (Å²) in [7, 11) is 0. The predicted octanol–water partition coefficient (Wildman–Crippen LogP) is 9.43. The first-order valence-electron chi connectivity index (χ1n) is 17.9. The van der Waals surface area contributed by atoms with Crippen molar-refractivity contribution < 1.29 is 28.7 Å². The lowest BCUT2D eigenvalue weighted by atomic mass is 9.80. The minimum atomic E-state index is -0.408. The van der Waals surface area contributed by atoms with Crippen molar-refractivity contribution in [1.82, 2.24) is 10.1 Å². The van der Waals surface area contributed by atoms with Crippen molar-refractivity contribution in [3.63, 3.8) is 0 Å². The molecule has 3 aromatic rings. The van der Waals surface area contributed by atoms with Crippen LogP contribution in [0.2, 0.25) is 0 Å². The molecule has 2 heterocycles. The molecule has 2 saturated heterocycles. The Morgan fingerprint density at radius 1 is 0.520 bits per heavy atom. The number of rotatable bonds is 10. The summed E-state index contributed by atoms with van der Waals surface area (Å²) >= 11 is 0. The monoisotopic (exact) mass is 684 g/mol. The number of nitrogens with zero attached hydrogens (tertiary/aromatic N) is 2. The van der Waals surface area contributed by atoms with Crippen molar-refractivity contribution in [1.29, 1.82) is 0 Å². The molecule has 2 aliphatic rings. The van der Waals surface area contributed by atoms with Crippen LogP contribution < -0.4 is 0 Å². The molecule has 0 radical (unpaired) electrons. The van der Waals surface area contributed by atoms with Crippen LogP contribution in [0.3, 0.4) is 0 Å². The highest BCUT2D eigenvalue weighted by Crippen LogP contribution is 2.43. The van der Waals surface area contributed by atoms with Crippen molar-refractivity contribution in [2.75, 3.05) is 0 Å². The Morgan fingerprint density at radius 2 is 0.800 bits per heavy atom. The molecule has 0 saturated carbocycles. The van der Waals surface area contributed by atoms with Gasteiger partial charge in [0.05, 0.1) is 11.1 Å². The fraction of sp³-hybridized carbons (Fsp3) is 0.524. The first kappa shape index (κ1) is 37.7. The average Bonchev–Trinajstić information content (AvgIpc) is 3.04.